The van der Waals surface area contributed by atoms with Crippen LogP contribution in [0.1, 0.15) is 65.2 Å². The van der Waals surface area contributed by atoms with Gasteiger partial charge in [-0.15, -0.1) is 0 Å². The Hall–Kier alpha value is -2.01. The molecule has 1 saturated heterocycles. The molecule has 0 bridgehead atoms. The van der Waals surface area contributed by atoms with Gasteiger partial charge in [0.15, 0.2) is 6.23 Å². The normalized spacial score (nSPS) is 23.7. The minimum Gasteiger partial charge on any atom is -0.444 e. The molecule has 5 heteroatoms. The van der Waals surface area contributed by atoms with Crippen LogP contribution in [0.25, 0.3) is 10.9 Å². The highest BCUT2D eigenvalue weighted by Gasteiger charge is 2.54. The molecule has 2 fully saturated rings. The number of para-hydroxylation sites is 1. The van der Waals surface area contributed by atoms with Crippen LogP contribution < -0.4 is 5.32 Å². The third kappa shape index (κ3) is 3.90. The number of aromatic nitrogens is 1. The fourth-order valence-electron chi connectivity index (χ4n) is 4.59. The molecule has 1 aliphatic heterocycles. The second-order valence-electron chi connectivity index (χ2n) is 9.57. The van der Waals surface area contributed by atoms with Crippen LogP contribution in [-0.4, -0.2) is 28.9 Å². The molecule has 1 aromatic carbocycles. The Bertz CT molecular complexity index is 858. The quantitative estimate of drug-likeness (QED) is 0.722. The van der Waals surface area contributed by atoms with Crippen molar-refractivity contribution in [2.45, 2.75) is 77.7 Å². The van der Waals surface area contributed by atoms with E-state index in [9.17, 15) is 4.79 Å². The van der Waals surface area contributed by atoms with Gasteiger partial charge in [0.2, 0.25) is 0 Å². The third-order valence-corrected chi connectivity index (χ3v) is 6.06. The predicted octanol–water partition coefficient (Wildman–Crippen LogP) is 5.19. The van der Waals surface area contributed by atoms with E-state index in [4.69, 9.17) is 9.47 Å². The van der Waals surface area contributed by atoms with Crippen LogP contribution in [0.2, 0.25) is 0 Å². The number of alkyl carbamates (subject to hydrolysis) is 1. The van der Waals surface area contributed by atoms with Crippen LogP contribution in [0.4, 0.5) is 4.79 Å². The molecule has 2 unspecified atom stereocenters. The molecule has 5 nitrogen and oxygen atoms in total. The summed E-state index contributed by atoms with van der Waals surface area (Å²) >= 11 is 0. The third-order valence-electron chi connectivity index (χ3n) is 6.06. The summed E-state index contributed by atoms with van der Waals surface area (Å²) in [6.07, 6.45) is 8.23. The molecule has 2 atom stereocenters. The van der Waals surface area contributed by atoms with Crippen LogP contribution in [0.3, 0.4) is 0 Å². The van der Waals surface area contributed by atoms with E-state index < -0.39 is 5.60 Å². The van der Waals surface area contributed by atoms with Crippen molar-refractivity contribution in [3.8, 4) is 0 Å². The van der Waals surface area contributed by atoms with Crippen molar-refractivity contribution >= 4 is 17.0 Å². The number of hydrogen-bond donors (Lipinski definition) is 1. The van der Waals surface area contributed by atoms with Crippen molar-refractivity contribution in [2.75, 3.05) is 6.54 Å². The van der Waals surface area contributed by atoms with E-state index in [1.54, 1.807) is 0 Å². The number of nitrogens with zero attached hydrogens (tertiary/aromatic N) is 1. The maximum Gasteiger partial charge on any atom is 0.407 e. The summed E-state index contributed by atoms with van der Waals surface area (Å²) < 4.78 is 13.8. The second-order valence-corrected chi connectivity index (χ2v) is 9.57. The van der Waals surface area contributed by atoms with Gasteiger partial charge in [-0.1, -0.05) is 38.0 Å². The lowest BCUT2D eigenvalue weighted by Crippen LogP contribution is -2.33. The van der Waals surface area contributed by atoms with Crippen molar-refractivity contribution in [2.24, 2.45) is 5.41 Å². The van der Waals surface area contributed by atoms with E-state index in [0.29, 0.717) is 18.1 Å². The number of epoxide rings is 1. The van der Waals surface area contributed by atoms with Gasteiger partial charge in [0.25, 0.3) is 0 Å². The number of hydrogen-bond acceptors (Lipinski definition) is 3. The lowest BCUT2D eigenvalue weighted by atomic mass is 9.84. The second kappa shape index (κ2) is 7.11. The molecule has 4 rings (SSSR count). The number of nitrogens with one attached hydrogen (secondary N) is 1. The molecule has 1 aliphatic carbocycles. The van der Waals surface area contributed by atoms with Crippen LogP contribution in [-0.2, 0) is 15.9 Å². The zero-order valence-corrected chi connectivity index (χ0v) is 17.5. The Morgan fingerprint density at radius 2 is 2.00 bits per heavy atom. The fourth-order valence-corrected chi connectivity index (χ4v) is 4.59. The average molecular weight is 385 g/mol. The van der Waals surface area contributed by atoms with Gasteiger partial charge in [0.1, 0.15) is 11.7 Å². The molecule has 152 valence electrons. The van der Waals surface area contributed by atoms with Crippen molar-refractivity contribution in [1.82, 2.24) is 9.88 Å². The van der Waals surface area contributed by atoms with Crippen LogP contribution in [0.15, 0.2) is 30.5 Å². The van der Waals surface area contributed by atoms with E-state index in [0.717, 1.165) is 6.42 Å². The predicted molar refractivity (Wildman–Crippen MR) is 110 cm³/mol. The molecule has 1 N–H and O–H groups in total. The lowest BCUT2D eigenvalue weighted by Gasteiger charge is -2.20. The summed E-state index contributed by atoms with van der Waals surface area (Å²) in [6.45, 7) is 8.54. The standard InChI is InChI=1S/C23H32N2O3/c1-22(2,3)28-21(26)24-14-11-16-15-25(18-10-6-5-9-17(16)18)20-19(27-20)23(4)12-7-8-13-23/h5-6,9-10,15,19-20H,7-8,11-14H2,1-4H3,(H,24,26). The van der Waals surface area contributed by atoms with Crippen molar-refractivity contribution < 1.29 is 14.3 Å². The Balaban J connectivity index is 1.46. The minimum absolute atomic E-state index is 0.139. The highest BCUT2D eigenvalue weighted by Crippen LogP contribution is 2.54. The monoisotopic (exact) mass is 384 g/mol. The number of amides is 1. The van der Waals surface area contributed by atoms with Gasteiger partial charge < -0.3 is 19.4 Å². The van der Waals surface area contributed by atoms with Crippen LogP contribution in [0, 0.1) is 5.41 Å². The Morgan fingerprint density at radius 1 is 1.29 bits per heavy atom. The van der Waals surface area contributed by atoms with Gasteiger partial charge in [0, 0.05) is 18.1 Å². The maximum absolute atomic E-state index is 11.9. The first-order valence-corrected chi connectivity index (χ1v) is 10.5. The van der Waals surface area contributed by atoms with Crippen molar-refractivity contribution in [1.29, 1.82) is 0 Å². The number of carbonyl (C=O) groups excluding carboxylic acids is 1. The van der Waals surface area contributed by atoms with Crippen LogP contribution >= 0.6 is 0 Å². The summed E-state index contributed by atoms with van der Waals surface area (Å²) in [5.74, 6) is 0. The fraction of sp³-hybridized carbons (Fsp3) is 0.609. The van der Waals surface area contributed by atoms with Crippen LogP contribution in [0.5, 0.6) is 0 Å². The summed E-state index contributed by atoms with van der Waals surface area (Å²) in [6, 6.07) is 8.47. The van der Waals surface area contributed by atoms with Gasteiger partial charge in [-0.3, -0.25) is 0 Å². The first-order chi connectivity index (χ1) is 13.3. The van der Waals surface area contributed by atoms with Gasteiger partial charge in [0.05, 0.1) is 5.52 Å². The maximum atomic E-state index is 11.9. The Labute approximate surface area is 167 Å². The summed E-state index contributed by atoms with van der Waals surface area (Å²) in [5, 5.41) is 4.10. The largest absolute Gasteiger partial charge is 0.444 e. The molecular formula is C23H32N2O3. The Kier molecular flexibility index (Phi) is 4.90. The molecule has 1 amide bonds. The van der Waals surface area contributed by atoms with Crippen molar-refractivity contribution in [3.05, 3.63) is 36.0 Å². The van der Waals surface area contributed by atoms with E-state index in [2.05, 4.69) is 47.3 Å². The highest BCUT2D eigenvalue weighted by atomic mass is 16.6. The van der Waals surface area contributed by atoms with Gasteiger partial charge in [-0.25, -0.2) is 4.79 Å². The summed E-state index contributed by atoms with van der Waals surface area (Å²) in [7, 11) is 0. The topological polar surface area (TPSA) is 55.8 Å². The first-order valence-electron chi connectivity index (χ1n) is 10.5. The molecule has 1 saturated carbocycles. The van der Waals surface area contributed by atoms with E-state index in [-0.39, 0.29) is 12.3 Å². The average Bonchev–Trinajstić information content (AvgIpc) is 3.18. The molecule has 2 aromatic rings. The minimum atomic E-state index is -0.477. The molecule has 2 heterocycles. The molecule has 1 aromatic heterocycles. The van der Waals surface area contributed by atoms with Gasteiger partial charge >= 0.3 is 6.09 Å². The first kappa shape index (κ1) is 19.3. The number of fused-ring (bicyclic) bond motifs is 1. The lowest BCUT2D eigenvalue weighted by molar-refractivity contribution is 0.0528. The zero-order valence-electron chi connectivity index (χ0n) is 17.5. The Morgan fingerprint density at radius 3 is 2.71 bits per heavy atom. The summed E-state index contributed by atoms with van der Waals surface area (Å²) in [4.78, 5) is 11.9. The molecule has 0 spiro atoms. The van der Waals surface area contributed by atoms with E-state index in [1.807, 2.05) is 20.8 Å². The highest BCUT2D eigenvalue weighted by molar-refractivity contribution is 5.84. The number of carbonyl (C=O) groups is 1. The molecule has 0 radical (unpaired) electrons. The van der Waals surface area contributed by atoms with Gasteiger partial charge in [-0.05, 0) is 57.1 Å². The SMILES string of the molecule is CC(C)(C)OC(=O)NCCc1cn(C2OC2C2(C)CCCC2)c2ccccc12. The van der Waals surface area contributed by atoms with E-state index >= 15 is 0 Å². The number of rotatable bonds is 5. The molecule has 2 aliphatic rings. The zero-order chi connectivity index (χ0) is 19.9. The van der Waals surface area contributed by atoms with Crippen molar-refractivity contribution in [3.63, 3.8) is 0 Å². The van der Waals surface area contributed by atoms with E-state index in [1.165, 1.54) is 42.1 Å². The van der Waals surface area contributed by atoms with Gasteiger partial charge in [-0.2, -0.15) is 0 Å². The molecule has 28 heavy (non-hydrogen) atoms. The number of benzene rings is 1. The molecular weight excluding hydrogens is 352 g/mol. The number of ether oxygens (including phenoxy) is 2. The smallest absolute Gasteiger partial charge is 0.407 e. The summed E-state index contributed by atoms with van der Waals surface area (Å²) in [5.41, 5.74) is 2.28.